The number of quaternary nitrogens is 1. The number of benzene rings is 1. The van der Waals surface area contributed by atoms with Gasteiger partial charge in [-0.05, 0) is 44.0 Å². The maximum Gasteiger partial charge on any atom is 0.314 e. The Balaban J connectivity index is 1.75. The number of nitrogens with one attached hydrogen (secondary N) is 2. The lowest BCUT2D eigenvalue weighted by atomic mass is 9.98. The Morgan fingerprint density at radius 1 is 1.35 bits per heavy atom. The summed E-state index contributed by atoms with van der Waals surface area (Å²) in [6.45, 7) is 4.74. The molecule has 126 valence electrons. The van der Waals surface area contributed by atoms with Crippen molar-refractivity contribution >= 4 is 29.2 Å². The van der Waals surface area contributed by atoms with Crippen LogP contribution in [-0.4, -0.2) is 38.1 Å². The number of rotatable bonds is 6. The molecule has 2 atom stereocenters. The molecular formula is C17H24ClN2O3+. The molecule has 1 fully saturated rings. The summed E-state index contributed by atoms with van der Waals surface area (Å²) in [5.74, 6) is -0.147. The first kappa shape index (κ1) is 17.8. The van der Waals surface area contributed by atoms with E-state index in [2.05, 4.69) is 5.32 Å². The molecule has 0 aliphatic carbocycles. The van der Waals surface area contributed by atoms with Crippen LogP contribution < -0.4 is 10.2 Å². The summed E-state index contributed by atoms with van der Waals surface area (Å²) in [7, 11) is 0. The van der Waals surface area contributed by atoms with Gasteiger partial charge in [0, 0.05) is 10.7 Å². The van der Waals surface area contributed by atoms with Crippen LogP contribution in [0.3, 0.4) is 0 Å². The lowest BCUT2D eigenvalue weighted by Gasteiger charge is -2.28. The molecule has 1 heterocycles. The maximum absolute atomic E-state index is 12.0. The van der Waals surface area contributed by atoms with Crippen molar-refractivity contribution in [1.29, 1.82) is 0 Å². The molecule has 0 bridgehead atoms. The first-order chi connectivity index (χ1) is 11.1. The summed E-state index contributed by atoms with van der Waals surface area (Å²) < 4.78 is 5.10. The Morgan fingerprint density at radius 3 is 2.78 bits per heavy atom. The fourth-order valence-corrected chi connectivity index (χ4v) is 3.01. The SMILES string of the molecule is CCOC(=O)[C@H]1CCC[NH+](CCC(=O)Nc2ccc(Cl)cc2)C1. The van der Waals surface area contributed by atoms with E-state index in [0.717, 1.165) is 38.2 Å². The highest BCUT2D eigenvalue weighted by Gasteiger charge is 2.29. The van der Waals surface area contributed by atoms with Crippen molar-refractivity contribution in [3.8, 4) is 0 Å². The van der Waals surface area contributed by atoms with Gasteiger partial charge in [-0.15, -0.1) is 0 Å². The largest absolute Gasteiger partial charge is 0.466 e. The Kier molecular flexibility index (Phi) is 6.86. The molecule has 23 heavy (non-hydrogen) atoms. The van der Waals surface area contributed by atoms with Gasteiger partial charge in [-0.1, -0.05) is 11.6 Å². The van der Waals surface area contributed by atoms with Crippen LogP contribution in [0, 0.1) is 5.92 Å². The molecule has 1 aliphatic rings. The number of anilines is 1. The number of ether oxygens (including phenoxy) is 1. The Hall–Kier alpha value is -1.59. The van der Waals surface area contributed by atoms with E-state index in [-0.39, 0.29) is 17.8 Å². The molecule has 1 amide bonds. The highest BCUT2D eigenvalue weighted by molar-refractivity contribution is 6.30. The van der Waals surface area contributed by atoms with Crippen molar-refractivity contribution < 1.29 is 19.2 Å². The molecule has 1 unspecified atom stereocenters. The van der Waals surface area contributed by atoms with Gasteiger partial charge in [0.1, 0.15) is 5.92 Å². The Labute approximate surface area is 141 Å². The third-order valence-corrected chi connectivity index (χ3v) is 4.32. The number of halogens is 1. The Bertz CT molecular complexity index is 533. The first-order valence-corrected chi connectivity index (χ1v) is 8.52. The van der Waals surface area contributed by atoms with E-state index in [1.807, 2.05) is 6.92 Å². The quantitative estimate of drug-likeness (QED) is 0.773. The number of piperidine rings is 1. The monoisotopic (exact) mass is 339 g/mol. The average Bonchev–Trinajstić information content (AvgIpc) is 2.56. The lowest BCUT2D eigenvalue weighted by molar-refractivity contribution is -0.906. The molecule has 0 saturated carbocycles. The summed E-state index contributed by atoms with van der Waals surface area (Å²) >= 11 is 5.82. The van der Waals surface area contributed by atoms with Gasteiger partial charge >= 0.3 is 5.97 Å². The third-order valence-electron chi connectivity index (χ3n) is 4.07. The summed E-state index contributed by atoms with van der Waals surface area (Å²) in [4.78, 5) is 25.1. The third kappa shape index (κ3) is 5.84. The number of carbonyl (C=O) groups is 2. The zero-order valence-corrected chi connectivity index (χ0v) is 14.2. The number of esters is 1. The smallest absolute Gasteiger partial charge is 0.314 e. The van der Waals surface area contributed by atoms with E-state index in [1.54, 1.807) is 24.3 Å². The van der Waals surface area contributed by atoms with Crippen molar-refractivity contribution in [2.75, 3.05) is 31.6 Å². The van der Waals surface area contributed by atoms with Gasteiger partial charge in [-0.2, -0.15) is 0 Å². The molecule has 0 radical (unpaired) electrons. The maximum atomic E-state index is 12.0. The molecular weight excluding hydrogens is 316 g/mol. The van der Waals surface area contributed by atoms with Crippen molar-refractivity contribution in [2.45, 2.75) is 26.2 Å². The predicted molar refractivity (Wildman–Crippen MR) is 89.6 cm³/mol. The minimum atomic E-state index is -0.102. The minimum absolute atomic E-state index is 0.0157. The lowest BCUT2D eigenvalue weighted by Crippen LogP contribution is -3.13. The second-order valence-electron chi connectivity index (χ2n) is 5.85. The zero-order chi connectivity index (χ0) is 16.7. The molecule has 1 aromatic carbocycles. The number of hydrogen-bond donors (Lipinski definition) is 2. The predicted octanol–water partition coefficient (Wildman–Crippen LogP) is 1.53. The van der Waals surface area contributed by atoms with Crippen molar-refractivity contribution in [1.82, 2.24) is 0 Å². The molecule has 1 saturated heterocycles. The second kappa shape index (κ2) is 8.89. The molecule has 2 N–H and O–H groups in total. The van der Waals surface area contributed by atoms with Crippen LogP contribution in [0.4, 0.5) is 5.69 Å². The van der Waals surface area contributed by atoms with Gasteiger partial charge in [-0.3, -0.25) is 9.59 Å². The summed E-state index contributed by atoms with van der Waals surface area (Å²) in [6, 6.07) is 7.06. The van der Waals surface area contributed by atoms with Gasteiger partial charge in [0.25, 0.3) is 0 Å². The van der Waals surface area contributed by atoms with Crippen LogP contribution >= 0.6 is 11.6 Å². The van der Waals surface area contributed by atoms with Gasteiger partial charge in [0.15, 0.2) is 0 Å². The summed E-state index contributed by atoms with van der Waals surface area (Å²) in [5.41, 5.74) is 0.748. The molecule has 0 aromatic heterocycles. The van der Waals surface area contributed by atoms with Gasteiger partial charge in [-0.25, -0.2) is 0 Å². The van der Waals surface area contributed by atoms with Gasteiger partial charge in [0.2, 0.25) is 5.91 Å². The molecule has 5 nitrogen and oxygen atoms in total. The van der Waals surface area contributed by atoms with Crippen molar-refractivity contribution in [2.24, 2.45) is 5.92 Å². The van der Waals surface area contributed by atoms with Crippen molar-refractivity contribution in [3.05, 3.63) is 29.3 Å². The van der Waals surface area contributed by atoms with E-state index in [4.69, 9.17) is 16.3 Å². The van der Waals surface area contributed by atoms with Crippen LogP contribution in [0.5, 0.6) is 0 Å². The van der Waals surface area contributed by atoms with Crippen LogP contribution in [0.1, 0.15) is 26.2 Å². The van der Waals surface area contributed by atoms with Crippen LogP contribution in [0.25, 0.3) is 0 Å². The van der Waals surface area contributed by atoms with E-state index < -0.39 is 0 Å². The molecule has 1 aliphatic heterocycles. The summed E-state index contributed by atoms with van der Waals surface area (Å²) in [5, 5.41) is 3.50. The van der Waals surface area contributed by atoms with E-state index in [0.29, 0.717) is 18.1 Å². The number of amides is 1. The van der Waals surface area contributed by atoms with E-state index in [9.17, 15) is 9.59 Å². The zero-order valence-electron chi connectivity index (χ0n) is 13.4. The second-order valence-corrected chi connectivity index (χ2v) is 6.29. The van der Waals surface area contributed by atoms with Crippen LogP contribution in [-0.2, 0) is 14.3 Å². The standard InChI is InChI=1S/C17H23ClN2O3/c1-2-23-17(22)13-4-3-10-20(12-13)11-9-16(21)19-15-7-5-14(18)6-8-15/h5-8,13H,2-4,9-12H2,1H3,(H,19,21)/p+1/t13-/m0/s1. The van der Waals surface area contributed by atoms with E-state index in [1.165, 1.54) is 4.90 Å². The van der Waals surface area contributed by atoms with Crippen LogP contribution in [0.2, 0.25) is 5.02 Å². The fraction of sp³-hybridized carbons (Fsp3) is 0.529. The fourth-order valence-electron chi connectivity index (χ4n) is 2.89. The number of likely N-dealkylation sites (tertiary alicyclic amines) is 1. The molecule has 6 heteroatoms. The minimum Gasteiger partial charge on any atom is -0.466 e. The highest BCUT2D eigenvalue weighted by atomic mass is 35.5. The van der Waals surface area contributed by atoms with Crippen LogP contribution in [0.15, 0.2) is 24.3 Å². The summed E-state index contributed by atoms with van der Waals surface area (Å²) in [6.07, 6.45) is 2.32. The van der Waals surface area contributed by atoms with Gasteiger partial charge < -0.3 is 15.0 Å². The average molecular weight is 340 g/mol. The van der Waals surface area contributed by atoms with Gasteiger partial charge in [0.05, 0.1) is 32.7 Å². The highest BCUT2D eigenvalue weighted by Crippen LogP contribution is 2.13. The van der Waals surface area contributed by atoms with E-state index >= 15 is 0 Å². The first-order valence-electron chi connectivity index (χ1n) is 8.14. The topological polar surface area (TPSA) is 59.8 Å². The number of carbonyl (C=O) groups excluding carboxylic acids is 2. The number of hydrogen-bond acceptors (Lipinski definition) is 3. The molecule has 2 rings (SSSR count). The Morgan fingerprint density at radius 2 is 2.09 bits per heavy atom. The molecule has 1 aromatic rings. The molecule has 0 spiro atoms. The van der Waals surface area contributed by atoms with Crippen molar-refractivity contribution in [3.63, 3.8) is 0 Å². The normalized spacial score (nSPS) is 20.8.